The molecule has 0 saturated carbocycles. The average Bonchev–Trinajstić information content (AvgIpc) is 2.47. The highest BCUT2D eigenvalue weighted by molar-refractivity contribution is 7.99. The summed E-state index contributed by atoms with van der Waals surface area (Å²) in [5.41, 5.74) is 0. The van der Waals surface area contributed by atoms with Gasteiger partial charge in [-0.05, 0) is 26.3 Å². The maximum absolute atomic E-state index is 11.4. The molecule has 21 heavy (non-hydrogen) atoms. The van der Waals surface area contributed by atoms with Gasteiger partial charge in [0, 0.05) is 39.7 Å². The second kappa shape index (κ2) is 12.4. The molecule has 0 heterocycles. The van der Waals surface area contributed by atoms with E-state index in [2.05, 4.69) is 0 Å². The number of carbonyl (C=O) groups excluding carboxylic acids is 1. The van der Waals surface area contributed by atoms with Crippen LogP contribution in [0.4, 0.5) is 0 Å². The van der Waals surface area contributed by atoms with Crippen LogP contribution in [0.2, 0.25) is 6.04 Å². The number of thioether (sulfide) groups is 1. The van der Waals surface area contributed by atoms with E-state index < -0.39 is 8.80 Å². The summed E-state index contributed by atoms with van der Waals surface area (Å²) in [6.45, 7) is 1.22. The molecular weight excluding hydrogens is 310 g/mol. The van der Waals surface area contributed by atoms with Crippen LogP contribution in [0, 0.1) is 0 Å². The molecular formula is C13H29NO5SSi. The maximum atomic E-state index is 11.4. The van der Waals surface area contributed by atoms with Crippen LogP contribution in [0.25, 0.3) is 0 Å². The molecule has 0 fully saturated rings. The summed E-state index contributed by atoms with van der Waals surface area (Å²) in [6, 6.07) is 0.788. The molecule has 0 aromatic heterocycles. The highest BCUT2D eigenvalue weighted by atomic mass is 32.2. The number of carbonyl (C=O) groups is 1. The van der Waals surface area contributed by atoms with Gasteiger partial charge in [-0.2, -0.15) is 11.8 Å². The summed E-state index contributed by atoms with van der Waals surface area (Å²) in [5, 5.41) is 0. The van der Waals surface area contributed by atoms with Crippen molar-refractivity contribution < 1.29 is 22.8 Å². The Morgan fingerprint density at radius 3 is 2.24 bits per heavy atom. The lowest BCUT2D eigenvalue weighted by atomic mass is 10.5. The van der Waals surface area contributed by atoms with Crippen molar-refractivity contribution in [1.29, 1.82) is 0 Å². The molecule has 0 atom stereocenters. The van der Waals surface area contributed by atoms with Crippen molar-refractivity contribution in [3.63, 3.8) is 0 Å². The van der Waals surface area contributed by atoms with Gasteiger partial charge in [-0.25, -0.2) is 0 Å². The molecule has 0 radical (unpaired) electrons. The van der Waals surface area contributed by atoms with Crippen molar-refractivity contribution in [1.82, 2.24) is 4.90 Å². The molecule has 0 aliphatic carbocycles. The van der Waals surface area contributed by atoms with Crippen LogP contribution in [0.15, 0.2) is 0 Å². The zero-order valence-electron chi connectivity index (χ0n) is 13.8. The first kappa shape index (κ1) is 20.9. The van der Waals surface area contributed by atoms with Gasteiger partial charge >= 0.3 is 14.8 Å². The summed E-state index contributed by atoms with van der Waals surface area (Å²) in [6.07, 6.45) is 1.40. The Bertz CT molecular complexity index is 269. The predicted molar refractivity (Wildman–Crippen MR) is 87.7 cm³/mol. The van der Waals surface area contributed by atoms with E-state index in [1.807, 2.05) is 19.0 Å². The molecule has 126 valence electrons. The molecule has 0 N–H and O–H groups in total. The SMILES string of the molecule is CO[Si](CCCSCCC(=O)OCCN(C)C)(OC)OC. The van der Waals surface area contributed by atoms with Gasteiger partial charge in [0.25, 0.3) is 0 Å². The summed E-state index contributed by atoms with van der Waals surface area (Å²) in [4.78, 5) is 13.4. The fourth-order valence-electron chi connectivity index (χ4n) is 1.62. The Labute approximate surface area is 133 Å². The lowest BCUT2D eigenvalue weighted by molar-refractivity contribution is -0.143. The highest BCUT2D eigenvalue weighted by Gasteiger charge is 2.36. The van der Waals surface area contributed by atoms with Crippen LogP contribution in [-0.4, -0.2) is 79.8 Å². The minimum Gasteiger partial charge on any atom is -0.464 e. The van der Waals surface area contributed by atoms with Gasteiger partial charge in [-0.1, -0.05) is 0 Å². The molecule has 0 rings (SSSR count). The largest absolute Gasteiger partial charge is 0.500 e. The Morgan fingerprint density at radius 1 is 1.10 bits per heavy atom. The van der Waals surface area contributed by atoms with Gasteiger partial charge < -0.3 is 22.9 Å². The van der Waals surface area contributed by atoms with Gasteiger partial charge in [0.15, 0.2) is 0 Å². The van der Waals surface area contributed by atoms with E-state index >= 15 is 0 Å². The predicted octanol–water partition coefficient (Wildman–Crippen LogP) is 1.48. The van der Waals surface area contributed by atoms with Gasteiger partial charge in [-0.15, -0.1) is 0 Å². The van der Waals surface area contributed by atoms with E-state index in [9.17, 15) is 4.79 Å². The fraction of sp³-hybridized carbons (Fsp3) is 0.923. The van der Waals surface area contributed by atoms with Crippen LogP contribution in [0.5, 0.6) is 0 Å². The second-order valence-corrected chi connectivity index (χ2v) is 9.10. The van der Waals surface area contributed by atoms with Gasteiger partial charge in [-0.3, -0.25) is 4.79 Å². The highest BCUT2D eigenvalue weighted by Crippen LogP contribution is 2.17. The van der Waals surface area contributed by atoms with E-state index in [4.69, 9.17) is 18.0 Å². The molecule has 0 aliphatic rings. The van der Waals surface area contributed by atoms with Gasteiger partial charge in [0.05, 0.1) is 6.42 Å². The Morgan fingerprint density at radius 2 is 1.71 bits per heavy atom. The molecule has 0 unspecified atom stereocenters. The molecule has 0 saturated heterocycles. The zero-order chi connectivity index (χ0) is 16.1. The third-order valence-electron chi connectivity index (χ3n) is 2.96. The summed E-state index contributed by atoms with van der Waals surface area (Å²) < 4.78 is 21.2. The van der Waals surface area contributed by atoms with Crippen molar-refractivity contribution >= 4 is 26.5 Å². The molecule has 0 aromatic rings. The number of hydrogen-bond acceptors (Lipinski definition) is 7. The van der Waals surface area contributed by atoms with Crippen molar-refractivity contribution in [2.24, 2.45) is 0 Å². The first-order valence-electron chi connectivity index (χ1n) is 7.03. The van der Waals surface area contributed by atoms with Crippen molar-refractivity contribution in [2.75, 3.05) is 60.1 Å². The first-order chi connectivity index (χ1) is 9.99. The molecule has 0 bridgehead atoms. The van der Waals surface area contributed by atoms with E-state index in [1.54, 1.807) is 33.1 Å². The number of likely N-dealkylation sites (N-methyl/N-ethyl adjacent to an activating group) is 1. The summed E-state index contributed by atoms with van der Waals surface area (Å²) in [5.74, 6) is 1.61. The quantitative estimate of drug-likeness (QED) is 0.286. The zero-order valence-corrected chi connectivity index (χ0v) is 15.7. The van der Waals surface area contributed by atoms with Crippen LogP contribution in [0.3, 0.4) is 0 Å². The third-order valence-corrected chi connectivity index (χ3v) is 6.86. The number of hydrogen-bond donors (Lipinski definition) is 0. The number of ether oxygens (including phenoxy) is 1. The Hall–Kier alpha value is -0.123. The second-order valence-electron chi connectivity index (χ2n) is 4.79. The lowest BCUT2D eigenvalue weighted by Gasteiger charge is -2.24. The van der Waals surface area contributed by atoms with Crippen molar-refractivity contribution in [2.45, 2.75) is 18.9 Å². The van der Waals surface area contributed by atoms with Crippen LogP contribution < -0.4 is 0 Å². The van der Waals surface area contributed by atoms with Crippen molar-refractivity contribution in [3.05, 3.63) is 0 Å². The molecule has 8 heteroatoms. The molecule has 6 nitrogen and oxygen atoms in total. The monoisotopic (exact) mass is 339 g/mol. The minimum absolute atomic E-state index is 0.126. The number of rotatable bonds is 13. The minimum atomic E-state index is -2.44. The Balaban J connectivity index is 3.57. The third kappa shape index (κ3) is 10.3. The first-order valence-corrected chi connectivity index (χ1v) is 10.1. The van der Waals surface area contributed by atoms with Crippen molar-refractivity contribution in [3.8, 4) is 0 Å². The summed E-state index contributed by atoms with van der Waals surface area (Å²) in [7, 11) is 6.33. The molecule has 0 amide bonds. The van der Waals surface area contributed by atoms with Crippen LogP contribution in [0.1, 0.15) is 12.8 Å². The number of nitrogens with zero attached hydrogens (tertiary/aromatic N) is 1. The van der Waals surface area contributed by atoms with E-state index in [1.165, 1.54) is 0 Å². The van der Waals surface area contributed by atoms with E-state index in [0.717, 1.165) is 30.5 Å². The molecule has 0 aliphatic heterocycles. The molecule has 0 aromatic carbocycles. The molecule has 0 spiro atoms. The standard InChI is InChI=1S/C13H29NO5SSi/c1-14(2)8-9-19-13(15)7-11-20-10-6-12-21(16-3,17-4)18-5/h6-12H2,1-5H3. The van der Waals surface area contributed by atoms with Crippen LogP contribution >= 0.6 is 11.8 Å². The maximum Gasteiger partial charge on any atom is 0.500 e. The Kier molecular flexibility index (Phi) is 12.4. The van der Waals surface area contributed by atoms with Gasteiger partial charge in [0.1, 0.15) is 6.61 Å². The fourth-order valence-corrected chi connectivity index (χ4v) is 4.46. The van der Waals surface area contributed by atoms with E-state index in [0.29, 0.717) is 13.0 Å². The average molecular weight is 340 g/mol. The van der Waals surface area contributed by atoms with Gasteiger partial charge in [0.2, 0.25) is 0 Å². The lowest BCUT2D eigenvalue weighted by Crippen LogP contribution is -2.42. The summed E-state index contributed by atoms with van der Waals surface area (Å²) >= 11 is 1.74. The topological polar surface area (TPSA) is 57.2 Å². The number of esters is 1. The van der Waals surface area contributed by atoms with Crippen LogP contribution in [-0.2, 0) is 22.8 Å². The smallest absolute Gasteiger partial charge is 0.464 e. The normalized spacial score (nSPS) is 11.9. The van der Waals surface area contributed by atoms with E-state index in [-0.39, 0.29) is 5.97 Å².